The normalized spacial score (nSPS) is 13.9. The van der Waals surface area contributed by atoms with Crippen molar-refractivity contribution >= 4 is 29.0 Å². The van der Waals surface area contributed by atoms with Crippen molar-refractivity contribution in [1.29, 1.82) is 0 Å². The number of pyridine rings is 1. The lowest BCUT2D eigenvalue weighted by Crippen LogP contribution is -2.48. The number of hydrogen-bond donors (Lipinski definition) is 3. The Labute approximate surface area is 201 Å². The number of ether oxygens (including phenoxy) is 3. The van der Waals surface area contributed by atoms with E-state index < -0.39 is 11.6 Å². The van der Waals surface area contributed by atoms with Crippen LogP contribution in [0.4, 0.5) is 5.69 Å². The van der Waals surface area contributed by atoms with Crippen LogP contribution in [-0.2, 0) is 21.6 Å². The molecule has 1 atom stereocenters. The SMILES string of the molecule is CCOC(=O)C(O)(CNC(=S)Nc1c(-c2ccnc(OC)c2)ccc2c1CCO2)c1ccon1. The van der Waals surface area contributed by atoms with Gasteiger partial charge in [-0.15, -0.1) is 0 Å². The summed E-state index contributed by atoms with van der Waals surface area (Å²) in [6, 6.07) is 8.92. The summed E-state index contributed by atoms with van der Waals surface area (Å²) in [5.41, 5.74) is 1.39. The molecule has 0 radical (unpaired) electrons. The van der Waals surface area contributed by atoms with Gasteiger partial charge in [0.15, 0.2) is 5.11 Å². The van der Waals surface area contributed by atoms with Crippen LogP contribution in [0, 0.1) is 0 Å². The topological polar surface area (TPSA) is 128 Å². The number of carbonyl (C=O) groups is 1. The number of benzene rings is 1. The summed E-state index contributed by atoms with van der Waals surface area (Å²) < 4.78 is 20.8. The van der Waals surface area contributed by atoms with Gasteiger partial charge in [0.2, 0.25) is 11.5 Å². The standard InChI is InChI=1S/C23H24N4O6S/c1-3-31-21(28)23(29,18-8-11-33-27-18)13-25-22(34)26-20-15(4-5-17-16(20)7-10-32-17)14-6-9-24-19(12-14)30-2/h4-6,8-9,11-12,29H,3,7,10,13H2,1-2H3,(H2,25,26,34). The van der Waals surface area contributed by atoms with Crippen LogP contribution in [0.2, 0.25) is 0 Å². The predicted octanol–water partition coefficient (Wildman–Crippen LogP) is 2.42. The van der Waals surface area contributed by atoms with E-state index in [0.29, 0.717) is 18.9 Å². The van der Waals surface area contributed by atoms with Crippen molar-refractivity contribution in [3.8, 4) is 22.8 Å². The molecule has 1 aromatic carbocycles. The van der Waals surface area contributed by atoms with E-state index in [1.54, 1.807) is 20.2 Å². The fourth-order valence-corrected chi connectivity index (χ4v) is 3.83. The number of aromatic nitrogens is 2. The number of carbonyl (C=O) groups excluding carboxylic acids is 1. The van der Waals surface area contributed by atoms with Crippen molar-refractivity contribution in [2.75, 3.05) is 32.2 Å². The first kappa shape index (κ1) is 23.5. The molecule has 0 saturated carbocycles. The van der Waals surface area contributed by atoms with Crippen LogP contribution in [0.3, 0.4) is 0 Å². The summed E-state index contributed by atoms with van der Waals surface area (Å²) in [7, 11) is 1.56. The molecule has 178 valence electrons. The number of hydrogen-bond acceptors (Lipinski definition) is 9. The molecule has 10 nitrogen and oxygen atoms in total. The summed E-state index contributed by atoms with van der Waals surface area (Å²) in [4.78, 5) is 16.7. The second-order valence-corrected chi connectivity index (χ2v) is 7.83. The molecule has 4 rings (SSSR count). The van der Waals surface area contributed by atoms with E-state index in [1.165, 1.54) is 12.3 Å². The lowest BCUT2D eigenvalue weighted by Gasteiger charge is -2.25. The highest BCUT2D eigenvalue weighted by atomic mass is 32.1. The van der Waals surface area contributed by atoms with Crippen molar-refractivity contribution in [2.24, 2.45) is 0 Å². The van der Waals surface area contributed by atoms with Crippen LogP contribution in [0.5, 0.6) is 11.6 Å². The average Bonchev–Trinajstić information content (AvgIpc) is 3.56. The zero-order valence-electron chi connectivity index (χ0n) is 18.7. The molecule has 3 heterocycles. The van der Waals surface area contributed by atoms with Gasteiger partial charge in [-0.25, -0.2) is 9.78 Å². The van der Waals surface area contributed by atoms with Crippen LogP contribution >= 0.6 is 12.2 Å². The third-order valence-electron chi connectivity index (χ3n) is 5.35. The number of nitrogens with zero attached hydrogens (tertiary/aromatic N) is 2. The molecule has 2 aromatic heterocycles. The highest BCUT2D eigenvalue weighted by molar-refractivity contribution is 7.80. The summed E-state index contributed by atoms with van der Waals surface area (Å²) in [6.07, 6.45) is 3.62. The average molecular weight is 485 g/mol. The van der Waals surface area contributed by atoms with Crippen molar-refractivity contribution in [3.63, 3.8) is 0 Å². The summed E-state index contributed by atoms with van der Waals surface area (Å²) in [5, 5.41) is 21.0. The zero-order valence-corrected chi connectivity index (χ0v) is 19.5. The van der Waals surface area contributed by atoms with Gasteiger partial charge >= 0.3 is 5.97 Å². The summed E-state index contributed by atoms with van der Waals surface area (Å²) >= 11 is 5.51. The maximum absolute atomic E-state index is 12.5. The Balaban J connectivity index is 1.59. The van der Waals surface area contributed by atoms with Crippen molar-refractivity contribution in [1.82, 2.24) is 15.5 Å². The van der Waals surface area contributed by atoms with Gasteiger partial charge in [0.25, 0.3) is 0 Å². The van der Waals surface area contributed by atoms with Gasteiger partial charge in [0.1, 0.15) is 17.7 Å². The van der Waals surface area contributed by atoms with Crippen LogP contribution in [-0.4, -0.2) is 53.2 Å². The molecular formula is C23H24N4O6S. The largest absolute Gasteiger partial charge is 0.493 e. The summed E-state index contributed by atoms with van der Waals surface area (Å²) in [5.74, 6) is 0.381. The number of thiocarbonyl (C=S) groups is 1. The zero-order chi connectivity index (χ0) is 24.1. The quantitative estimate of drug-likeness (QED) is 0.322. The smallest absolute Gasteiger partial charge is 0.346 e. The maximum atomic E-state index is 12.5. The van der Waals surface area contributed by atoms with E-state index >= 15 is 0 Å². The lowest BCUT2D eigenvalue weighted by molar-refractivity contribution is -0.166. The highest BCUT2D eigenvalue weighted by Gasteiger charge is 2.42. The number of anilines is 1. The molecule has 0 fully saturated rings. The molecule has 0 spiro atoms. The third kappa shape index (κ3) is 4.66. The Morgan fingerprint density at radius 2 is 2.18 bits per heavy atom. The number of nitrogens with one attached hydrogen (secondary N) is 2. The van der Waals surface area contributed by atoms with Gasteiger partial charge in [-0.3, -0.25) is 0 Å². The Hall–Kier alpha value is -3.70. The van der Waals surface area contributed by atoms with Gasteiger partial charge in [-0.05, 0) is 42.9 Å². The Morgan fingerprint density at radius 3 is 2.91 bits per heavy atom. The molecule has 0 bridgehead atoms. The second-order valence-electron chi connectivity index (χ2n) is 7.42. The Kier molecular flexibility index (Phi) is 6.94. The molecule has 3 aromatic rings. The first-order valence-electron chi connectivity index (χ1n) is 10.6. The first-order valence-corrected chi connectivity index (χ1v) is 11.0. The minimum absolute atomic E-state index is 0.0137. The van der Waals surface area contributed by atoms with Crippen molar-refractivity contribution in [2.45, 2.75) is 18.9 Å². The van der Waals surface area contributed by atoms with E-state index in [9.17, 15) is 9.90 Å². The first-order chi connectivity index (χ1) is 16.5. The summed E-state index contributed by atoms with van der Waals surface area (Å²) in [6.45, 7) is 2.02. The molecule has 1 unspecified atom stereocenters. The number of rotatable bonds is 8. The second kappa shape index (κ2) is 10.1. The van der Waals surface area contributed by atoms with E-state index in [1.807, 2.05) is 24.3 Å². The van der Waals surface area contributed by atoms with Crippen molar-refractivity contribution < 1.29 is 28.6 Å². The molecular weight excluding hydrogens is 460 g/mol. The van der Waals surface area contributed by atoms with Gasteiger partial charge in [-0.2, -0.15) is 0 Å². The van der Waals surface area contributed by atoms with E-state index in [-0.39, 0.29) is 24.0 Å². The number of aliphatic hydroxyl groups is 1. The molecule has 11 heteroatoms. The number of fused-ring (bicyclic) bond motifs is 1. The fraction of sp³-hybridized carbons (Fsp3) is 0.304. The highest BCUT2D eigenvalue weighted by Crippen LogP contribution is 2.40. The third-order valence-corrected chi connectivity index (χ3v) is 5.60. The number of esters is 1. The molecule has 1 aliphatic rings. The maximum Gasteiger partial charge on any atom is 0.346 e. The monoisotopic (exact) mass is 484 g/mol. The number of methoxy groups -OCH3 is 1. The minimum atomic E-state index is -2.09. The van der Waals surface area contributed by atoms with Crippen LogP contribution in [0.25, 0.3) is 11.1 Å². The van der Waals surface area contributed by atoms with Gasteiger partial charge in [-0.1, -0.05) is 5.16 Å². The Morgan fingerprint density at radius 1 is 1.32 bits per heavy atom. The molecule has 3 N–H and O–H groups in total. The Bertz CT molecular complexity index is 1190. The van der Waals surface area contributed by atoms with Crippen molar-refractivity contribution in [3.05, 3.63) is 54.0 Å². The van der Waals surface area contributed by atoms with Crippen LogP contribution in [0.1, 0.15) is 18.2 Å². The molecule has 34 heavy (non-hydrogen) atoms. The van der Waals surface area contributed by atoms with E-state index in [4.69, 9.17) is 31.0 Å². The van der Waals surface area contributed by atoms with Gasteiger partial charge in [0, 0.05) is 35.9 Å². The fourth-order valence-electron chi connectivity index (χ4n) is 3.66. The van der Waals surface area contributed by atoms with E-state index in [2.05, 4.69) is 20.8 Å². The molecule has 0 aliphatic carbocycles. The minimum Gasteiger partial charge on any atom is -0.493 e. The predicted molar refractivity (Wildman–Crippen MR) is 127 cm³/mol. The molecule has 0 amide bonds. The van der Waals surface area contributed by atoms with Crippen LogP contribution in [0.15, 0.2) is 47.3 Å². The lowest BCUT2D eigenvalue weighted by atomic mass is 9.99. The van der Waals surface area contributed by atoms with Gasteiger partial charge in [0.05, 0.1) is 32.6 Å². The van der Waals surface area contributed by atoms with Gasteiger partial charge < -0.3 is 34.5 Å². The van der Waals surface area contributed by atoms with E-state index in [0.717, 1.165) is 28.1 Å². The van der Waals surface area contributed by atoms with Crippen LogP contribution < -0.4 is 20.1 Å². The molecule has 0 saturated heterocycles. The molecule has 1 aliphatic heterocycles.